The van der Waals surface area contributed by atoms with Gasteiger partial charge in [-0.1, -0.05) is 19.4 Å². The quantitative estimate of drug-likeness (QED) is 0.744. The molecule has 1 aromatic rings. The predicted octanol–water partition coefficient (Wildman–Crippen LogP) is 4.21. The highest BCUT2D eigenvalue weighted by Crippen LogP contribution is 2.34. The highest BCUT2D eigenvalue weighted by atomic mass is 79.9. The largest absolute Gasteiger partial charge is 0.294 e. The molecule has 0 bridgehead atoms. The third kappa shape index (κ3) is 2.05. The van der Waals surface area contributed by atoms with E-state index >= 15 is 0 Å². The maximum absolute atomic E-state index is 13.8. The minimum Gasteiger partial charge on any atom is -0.294 e. The van der Waals surface area contributed by atoms with Gasteiger partial charge in [-0.3, -0.25) is 4.79 Å². The van der Waals surface area contributed by atoms with Crippen molar-refractivity contribution in [3.05, 3.63) is 34.1 Å². The minimum absolute atomic E-state index is 0.00352. The van der Waals surface area contributed by atoms with E-state index < -0.39 is 5.82 Å². The number of hydrogen-bond acceptors (Lipinski definition) is 1. The van der Waals surface area contributed by atoms with Crippen molar-refractivity contribution in [2.45, 2.75) is 26.2 Å². The van der Waals surface area contributed by atoms with Crippen molar-refractivity contribution in [3.63, 3.8) is 0 Å². The zero-order chi connectivity index (χ0) is 11.7. The van der Waals surface area contributed by atoms with Crippen molar-refractivity contribution >= 4 is 21.7 Å². The van der Waals surface area contributed by atoms with Gasteiger partial charge in [0.1, 0.15) is 5.82 Å². The van der Waals surface area contributed by atoms with Crippen LogP contribution in [0.5, 0.6) is 0 Å². The zero-order valence-corrected chi connectivity index (χ0v) is 10.8. The Balaban J connectivity index is 2.30. The Bertz CT molecular complexity index is 416. The lowest BCUT2D eigenvalue weighted by atomic mass is 9.89. The third-order valence-electron chi connectivity index (χ3n) is 3.42. The first kappa shape index (κ1) is 11.8. The summed E-state index contributed by atoms with van der Waals surface area (Å²) in [7, 11) is 0. The maximum Gasteiger partial charge on any atom is 0.169 e. The van der Waals surface area contributed by atoms with Gasteiger partial charge in [0, 0.05) is 5.92 Å². The fourth-order valence-electron chi connectivity index (χ4n) is 2.43. The Hall–Kier alpha value is -0.700. The highest BCUT2D eigenvalue weighted by molar-refractivity contribution is 9.10. The number of rotatable bonds is 2. The summed E-state index contributed by atoms with van der Waals surface area (Å²) in [5.74, 6) is -0.0786. The van der Waals surface area contributed by atoms with E-state index in [1.54, 1.807) is 18.2 Å². The van der Waals surface area contributed by atoms with E-state index in [2.05, 4.69) is 22.9 Å². The predicted molar refractivity (Wildman–Crippen MR) is 64.9 cm³/mol. The Labute approximate surface area is 103 Å². The number of hydrogen-bond donors (Lipinski definition) is 0. The third-order valence-corrected chi connectivity index (χ3v) is 4.03. The number of carbonyl (C=O) groups is 1. The molecule has 16 heavy (non-hydrogen) atoms. The van der Waals surface area contributed by atoms with Crippen molar-refractivity contribution in [1.29, 1.82) is 0 Å². The summed E-state index contributed by atoms with van der Waals surface area (Å²) in [6.07, 6.45) is 3.05. The first-order chi connectivity index (χ1) is 7.61. The number of carbonyl (C=O) groups excluding carboxylic acids is 1. The summed E-state index contributed by atoms with van der Waals surface area (Å²) >= 11 is 3.11. The van der Waals surface area contributed by atoms with Gasteiger partial charge < -0.3 is 0 Å². The van der Waals surface area contributed by atoms with Crippen molar-refractivity contribution in [2.75, 3.05) is 0 Å². The summed E-state index contributed by atoms with van der Waals surface area (Å²) in [6.45, 7) is 2.07. The summed E-state index contributed by atoms with van der Waals surface area (Å²) in [5, 5.41) is 0. The number of Topliss-reactive ketones (excluding diaryl/α,β-unsaturated/α-hetero) is 1. The molecule has 0 spiro atoms. The van der Waals surface area contributed by atoms with Crippen molar-refractivity contribution in [1.82, 2.24) is 0 Å². The topological polar surface area (TPSA) is 17.1 Å². The summed E-state index contributed by atoms with van der Waals surface area (Å²) in [4.78, 5) is 12.2. The zero-order valence-electron chi connectivity index (χ0n) is 9.17. The van der Waals surface area contributed by atoms with Gasteiger partial charge in [-0.25, -0.2) is 4.39 Å². The van der Waals surface area contributed by atoms with Crippen LogP contribution in [0.25, 0.3) is 0 Å². The van der Waals surface area contributed by atoms with Crippen LogP contribution in [0.3, 0.4) is 0 Å². The van der Waals surface area contributed by atoms with Gasteiger partial charge in [0.2, 0.25) is 0 Å². The molecule has 1 aliphatic carbocycles. The summed E-state index contributed by atoms with van der Waals surface area (Å²) in [5.41, 5.74) is 0.230. The smallest absolute Gasteiger partial charge is 0.169 e. The molecule has 86 valence electrons. The molecule has 2 atom stereocenters. The van der Waals surface area contributed by atoms with Gasteiger partial charge in [0.15, 0.2) is 5.78 Å². The van der Waals surface area contributed by atoms with E-state index in [0.29, 0.717) is 10.4 Å². The molecular formula is C13H14BrFO. The molecule has 1 aromatic carbocycles. The van der Waals surface area contributed by atoms with Crippen LogP contribution in [-0.4, -0.2) is 5.78 Å². The number of ketones is 1. The van der Waals surface area contributed by atoms with Crippen LogP contribution in [0, 0.1) is 17.7 Å². The molecular weight excluding hydrogens is 271 g/mol. The van der Waals surface area contributed by atoms with Crippen molar-refractivity contribution < 1.29 is 9.18 Å². The molecule has 1 saturated carbocycles. The molecule has 0 saturated heterocycles. The first-order valence-corrected chi connectivity index (χ1v) is 6.38. The maximum atomic E-state index is 13.8. The van der Waals surface area contributed by atoms with Crippen molar-refractivity contribution in [3.8, 4) is 0 Å². The van der Waals surface area contributed by atoms with Crippen LogP contribution in [0.15, 0.2) is 22.7 Å². The van der Waals surface area contributed by atoms with E-state index in [-0.39, 0.29) is 17.3 Å². The summed E-state index contributed by atoms with van der Waals surface area (Å²) < 4.78 is 14.1. The van der Waals surface area contributed by atoms with Gasteiger partial charge in [-0.2, -0.15) is 0 Å². The standard InChI is InChI=1S/C13H14BrFO/c1-8-4-2-5-9(8)13(16)10-6-3-7-11(14)12(10)15/h3,6-9H,2,4-5H2,1H3. The van der Waals surface area contributed by atoms with E-state index in [4.69, 9.17) is 0 Å². The molecule has 0 aliphatic heterocycles. The molecule has 0 amide bonds. The molecule has 0 aromatic heterocycles. The van der Waals surface area contributed by atoms with Crippen LogP contribution in [-0.2, 0) is 0 Å². The highest BCUT2D eigenvalue weighted by Gasteiger charge is 2.31. The SMILES string of the molecule is CC1CCCC1C(=O)c1cccc(Br)c1F. The second-order valence-electron chi connectivity index (χ2n) is 4.48. The molecule has 0 N–H and O–H groups in total. The Morgan fingerprint density at radius 2 is 2.19 bits per heavy atom. The second kappa shape index (κ2) is 4.66. The average Bonchev–Trinajstić information content (AvgIpc) is 2.68. The second-order valence-corrected chi connectivity index (χ2v) is 5.33. The first-order valence-electron chi connectivity index (χ1n) is 5.59. The van der Waals surface area contributed by atoms with E-state index in [0.717, 1.165) is 19.3 Å². The van der Waals surface area contributed by atoms with Crippen LogP contribution in [0.4, 0.5) is 4.39 Å². The van der Waals surface area contributed by atoms with Crippen LogP contribution in [0.1, 0.15) is 36.5 Å². The molecule has 3 heteroatoms. The van der Waals surface area contributed by atoms with Gasteiger partial charge in [0.25, 0.3) is 0 Å². The Morgan fingerprint density at radius 1 is 1.44 bits per heavy atom. The summed E-state index contributed by atoms with van der Waals surface area (Å²) in [6, 6.07) is 4.90. The molecule has 2 unspecified atom stereocenters. The fraction of sp³-hybridized carbons (Fsp3) is 0.462. The van der Waals surface area contributed by atoms with Crippen LogP contribution < -0.4 is 0 Å². The van der Waals surface area contributed by atoms with E-state index in [1.165, 1.54) is 0 Å². The van der Waals surface area contributed by atoms with Gasteiger partial charge in [-0.05, 0) is 46.8 Å². The minimum atomic E-state index is -0.424. The number of halogens is 2. The van der Waals surface area contributed by atoms with E-state index in [1.807, 2.05) is 0 Å². The Kier molecular flexibility index (Phi) is 3.43. The van der Waals surface area contributed by atoms with E-state index in [9.17, 15) is 9.18 Å². The monoisotopic (exact) mass is 284 g/mol. The van der Waals surface area contributed by atoms with Gasteiger partial charge in [-0.15, -0.1) is 0 Å². The number of benzene rings is 1. The molecule has 1 fully saturated rings. The molecule has 1 aliphatic rings. The van der Waals surface area contributed by atoms with Gasteiger partial charge in [0.05, 0.1) is 10.0 Å². The molecule has 0 heterocycles. The normalized spacial score (nSPS) is 24.7. The Morgan fingerprint density at radius 3 is 2.81 bits per heavy atom. The lowest BCUT2D eigenvalue weighted by Crippen LogP contribution is -2.18. The lowest BCUT2D eigenvalue weighted by Gasteiger charge is -2.14. The van der Waals surface area contributed by atoms with Gasteiger partial charge >= 0.3 is 0 Å². The average molecular weight is 285 g/mol. The molecule has 2 rings (SSSR count). The fourth-order valence-corrected chi connectivity index (χ4v) is 2.79. The van der Waals surface area contributed by atoms with Crippen LogP contribution >= 0.6 is 15.9 Å². The van der Waals surface area contributed by atoms with Crippen LogP contribution in [0.2, 0.25) is 0 Å². The lowest BCUT2D eigenvalue weighted by molar-refractivity contribution is 0.0892. The molecule has 1 nitrogen and oxygen atoms in total. The molecule has 0 radical (unpaired) electrons. The van der Waals surface area contributed by atoms with Crippen molar-refractivity contribution in [2.24, 2.45) is 11.8 Å².